The molecule has 0 aliphatic carbocycles. The van der Waals surface area contributed by atoms with Crippen molar-refractivity contribution in [1.82, 2.24) is 5.32 Å². The second kappa shape index (κ2) is 5.25. The van der Waals surface area contributed by atoms with E-state index in [-0.39, 0.29) is 10.6 Å². The molecule has 0 spiro atoms. The molecule has 0 radical (unpaired) electrons. The van der Waals surface area contributed by atoms with Gasteiger partial charge in [0.15, 0.2) is 0 Å². The first-order valence-electron chi connectivity index (χ1n) is 5.40. The second-order valence-electron chi connectivity index (χ2n) is 4.30. The molecule has 0 bridgehead atoms. The predicted molar refractivity (Wildman–Crippen MR) is 63.7 cm³/mol. The summed E-state index contributed by atoms with van der Waals surface area (Å²) in [5, 5.41) is 1.88. The molecule has 0 fully saturated rings. The van der Waals surface area contributed by atoms with E-state index in [9.17, 15) is 22.0 Å². The van der Waals surface area contributed by atoms with E-state index < -0.39 is 18.1 Å². The number of nitrogens with one attached hydrogen (secondary N) is 1. The largest absolute Gasteiger partial charge is 0.455 e. The Morgan fingerprint density at radius 2 is 1.53 bits per heavy atom. The number of hydrogen-bond donors (Lipinski definition) is 1. The zero-order chi connectivity index (χ0) is 15.0. The highest BCUT2D eigenvalue weighted by atomic mass is 35.5. The summed E-state index contributed by atoms with van der Waals surface area (Å²) in [7, 11) is 1.04. The molecule has 1 nitrogen and oxygen atoms in total. The molecule has 0 saturated heterocycles. The summed E-state index contributed by atoms with van der Waals surface area (Å²) in [6, 6.07) is 0.404. The third kappa shape index (κ3) is 3.00. The van der Waals surface area contributed by atoms with Gasteiger partial charge in [-0.3, -0.25) is 0 Å². The second-order valence-corrected chi connectivity index (χ2v) is 4.71. The Bertz CT molecular complexity index is 470. The molecule has 108 valence electrons. The van der Waals surface area contributed by atoms with Crippen molar-refractivity contribution in [2.24, 2.45) is 0 Å². The molecule has 19 heavy (non-hydrogen) atoms. The lowest BCUT2D eigenvalue weighted by molar-refractivity contribution is -0.293. The highest BCUT2D eigenvalue weighted by Gasteiger charge is 2.62. The zero-order valence-corrected chi connectivity index (χ0v) is 11.3. The van der Waals surface area contributed by atoms with Gasteiger partial charge in [-0.25, -0.2) is 0 Å². The van der Waals surface area contributed by atoms with E-state index in [1.165, 1.54) is 12.1 Å². The smallest absolute Gasteiger partial charge is 0.308 e. The Morgan fingerprint density at radius 1 is 1.05 bits per heavy atom. The van der Waals surface area contributed by atoms with Crippen molar-refractivity contribution in [3.05, 3.63) is 33.8 Å². The van der Waals surface area contributed by atoms with Gasteiger partial charge in [0, 0.05) is 5.02 Å². The summed E-state index contributed by atoms with van der Waals surface area (Å²) in [6.07, 6.45) is -5.65. The molecule has 1 rings (SSSR count). The maximum atomic E-state index is 13.4. The van der Waals surface area contributed by atoms with Gasteiger partial charge in [0.05, 0.1) is 0 Å². The number of halogens is 6. The van der Waals surface area contributed by atoms with Crippen molar-refractivity contribution in [2.75, 3.05) is 7.05 Å². The van der Waals surface area contributed by atoms with Crippen LogP contribution in [0.4, 0.5) is 22.0 Å². The third-order valence-corrected chi connectivity index (χ3v) is 3.28. The van der Waals surface area contributed by atoms with Crippen molar-refractivity contribution in [1.29, 1.82) is 0 Å². The van der Waals surface area contributed by atoms with Crippen molar-refractivity contribution in [2.45, 2.75) is 32.0 Å². The molecule has 0 aliphatic heterocycles. The van der Waals surface area contributed by atoms with Crippen LogP contribution in [0.5, 0.6) is 0 Å². The van der Waals surface area contributed by atoms with Crippen molar-refractivity contribution in [3.63, 3.8) is 0 Å². The summed E-state index contributed by atoms with van der Waals surface area (Å²) in [4.78, 5) is 0. The number of aryl methyl sites for hydroxylation is 2. The van der Waals surface area contributed by atoms with E-state index >= 15 is 0 Å². The lowest BCUT2D eigenvalue weighted by Gasteiger charge is -2.29. The van der Waals surface area contributed by atoms with E-state index in [1.807, 2.05) is 5.32 Å². The highest BCUT2D eigenvalue weighted by molar-refractivity contribution is 6.31. The topological polar surface area (TPSA) is 12.0 Å². The van der Waals surface area contributed by atoms with Gasteiger partial charge < -0.3 is 5.32 Å². The van der Waals surface area contributed by atoms with Gasteiger partial charge in [0.1, 0.15) is 6.04 Å². The minimum atomic E-state index is -5.65. The first-order valence-corrected chi connectivity index (χ1v) is 5.78. The lowest BCUT2D eigenvalue weighted by atomic mass is 9.96. The molecule has 1 unspecified atom stereocenters. The van der Waals surface area contributed by atoms with E-state index in [0.29, 0.717) is 5.56 Å². The minimum Gasteiger partial charge on any atom is -0.308 e. The summed E-state index contributed by atoms with van der Waals surface area (Å²) >= 11 is 5.79. The van der Waals surface area contributed by atoms with Crippen LogP contribution < -0.4 is 5.32 Å². The number of alkyl halides is 5. The zero-order valence-electron chi connectivity index (χ0n) is 10.5. The molecular formula is C12H13ClF5N. The number of benzene rings is 1. The molecule has 1 aromatic rings. The maximum absolute atomic E-state index is 13.4. The van der Waals surface area contributed by atoms with Crippen LogP contribution in [-0.2, 0) is 0 Å². The fourth-order valence-corrected chi connectivity index (χ4v) is 2.05. The van der Waals surface area contributed by atoms with Gasteiger partial charge in [0.25, 0.3) is 0 Å². The summed E-state index contributed by atoms with van der Waals surface area (Å²) < 4.78 is 64.2. The van der Waals surface area contributed by atoms with Crippen LogP contribution in [0.15, 0.2) is 12.1 Å². The molecule has 0 aliphatic rings. The van der Waals surface area contributed by atoms with Gasteiger partial charge in [-0.2, -0.15) is 22.0 Å². The van der Waals surface area contributed by atoms with Crippen molar-refractivity contribution >= 4 is 11.6 Å². The van der Waals surface area contributed by atoms with Gasteiger partial charge in [-0.1, -0.05) is 17.7 Å². The van der Waals surface area contributed by atoms with E-state index in [2.05, 4.69) is 0 Å². The average molecular weight is 302 g/mol. The fourth-order valence-electron chi connectivity index (χ4n) is 1.72. The molecule has 1 N–H and O–H groups in total. The Kier molecular flexibility index (Phi) is 4.47. The van der Waals surface area contributed by atoms with E-state index in [1.54, 1.807) is 13.8 Å². The molecule has 0 aromatic heterocycles. The summed E-state index contributed by atoms with van der Waals surface area (Å²) in [6.45, 7) is 3.31. The first kappa shape index (κ1) is 16.2. The lowest BCUT2D eigenvalue weighted by Crippen LogP contribution is -2.47. The fraction of sp³-hybridized carbons (Fsp3) is 0.500. The minimum absolute atomic E-state index is 0.119. The molecule has 0 amide bonds. The van der Waals surface area contributed by atoms with Crippen LogP contribution in [0.1, 0.15) is 22.7 Å². The van der Waals surface area contributed by atoms with Gasteiger partial charge in [-0.05, 0) is 43.7 Å². The maximum Gasteiger partial charge on any atom is 0.455 e. The molecule has 7 heteroatoms. The van der Waals surface area contributed by atoms with Crippen molar-refractivity contribution in [3.8, 4) is 0 Å². The normalized spacial score (nSPS) is 14.6. The molecular weight excluding hydrogens is 289 g/mol. The Labute approximate surface area is 112 Å². The standard InChI is InChI=1S/C12H13ClF5N/c1-6-4-8(9(13)5-7(6)2)10(19-3)11(14,15)12(16,17)18/h4-5,10,19H,1-3H3. The summed E-state index contributed by atoms with van der Waals surface area (Å²) in [5.41, 5.74) is 1.05. The molecule has 1 atom stereocenters. The van der Waals surface area contributed by atoms with Crippen LogP contribution in [0.2, 0.25) is 5.02 Å². The van der Waals surface area contributed by atoms with Crippen molar-refractivity contribution < 1.29 is 22.0 Å². The highest BCUT2D eigenvalue weighted by Crippen LogP contribution is 2.46. The number of rotatable bonds is 3. The molecule has 0 heterocycles. The van der Waals surface area contributed by atoms with Gasteiger partial charge in [-0.15, -0.1) is 0 Å². The Morgan fingerprint density at radius 3 is 1.95 bits per heavy atom. The summed E-state index contributed by atoms with van der Waals surface area (Å²) in [5.74, 6) is -4.91. The quantitative estimate of drug-likeness (QED) is 0.815. The van der Waals surface area contributed by atoms with E-state index in [4.69, 9.17) is 11.6 Å². The van der Waals surface area contributed by atoms with Crippen LogP contribution >= 0.6 is 11.6 Å². The van der Waals surface area contributed by atoms with Crippen LogP contribution in [0.3, 0.4) is 0 Å². The van der Waals surface area contributed by atoms with Gasteiger partial charge >= 0.3 is 12.1 Å². The number of hydrogen-bond acceptors (Lipinski definition) is 1. The first-order chi connectivity index (χ1) is 8.52. The molecule has 1 aromatic carbocycles. The third-order valence-electron chi connectivity index (χ3n) is 2.95. The Balaban J connectivity index is 3.37. The molecule has 0 saturated carbocycles. The monoisotopic (exact) mass is 301 g/mol. The van der Waals surface area contributed by atoms with E-state index in [0.717, 1.165) is 12.6 Å². The van der Waals surface area contributed by atoms with Gasteiger partial charge in [0.2, 0.25) is 0 Å². The van der Waals surface area contributed by atoms with Crippen LogP contribution in [0.25, 0.3) is 0 Å². The van der Waals surface area contributed by atoms with Crippen LogP contribution in [0, 0.1) is 13.8 Å². The Hall–Kier alpha value is -0.880. The SMILES string of the molecule is CNC(c1cc(C)c(C)cc1Cl)C(F)(F)C(F)(F)F. The average Bonchev–Trinajstić information content (AvgIpc) is 2.24. The predicted octanol–water partition coefficient (Wildman–Crippen LogP) is 4.41. The van der Waals surface area contributed by atoms with Crippen LogP contribution in [-0.4, -0.2) is 19.1 Å².